The molecule has 0 bridgehead atoms. The number of benzene rings is 3. The van der Waals surface area contributed by atoms with Crippen LogP contribution in [-0.2, 0) is 86.3 Å². The Bertz CT molecular complexity index is 3580. The van der Waals surface area contributed by atoms with Crippen molar-refractivity contribution in [2.24, 2.45) is 34.7 Å². The molecule has 2 saturated heterocycles. The fourth-order valence-electron chi connectivity index (χ4n) is 13.1. The summed E-state index contributed by atoms with van der Waals surface area (Å²) in [7, 11) is 8.79. The Hall–Kier alpha value is -8.62. The van der Waals surface area contributed by atoms with Crippen LogP contribution in [-0.4, -0.2) is 214 Å². The first-order valence-corrected chi connectivity index (χ1v) is 39.6. The van der Waals surface area contributed by atoms with Gasteiger partial charge >= 0.3 is 5.97 Å². The molecule has 2 aliphatic heterocycles. The predicted octanol–water partition coefficient (Wildman–Crippen LogP) is 8.46. The van der Waals surface area contributed by atoms with E-state index in [9.17, 15) is 57.5 Å². The molecule has 0 aromatic heterocycles. The molecule has 12 atom stereocenters. The minimum Gasteiger partial charge on any atom is -0.454 e. The van der Waals surface area contributed by atoms with Gasteiger partial charge in [-0.05, 0) is 113 Å². The van der Waals surface area contributed by atoms with E-state index in [2.05, 4.69) is 31.3 Å². The summed E-state index contributed by atoms with van der Waals surface area (Å²) < 4.78 is 5.50. The van der Waals surface area contributed by atoms with Crippen LogP contribution < -0.4 is 21.3 Å². The van der Waals surface area contributed by atoms with Crippen molar-refractivity contribution < 1.29 is 67.1 Å². The van der Waals surface area contributed by atoms with Crippen LogP contribution in [0.15, 0.2) is 96.1 Å². The number of hydrogen-bond donors (Lipinski definition) is 4. The summed E-state index contributed by atoms with van der Waals surface area (Å²) in [6.07, 6.45) is 0.437. The zero-order valence-electron chi connectivity index (χ0n) is 65.1. The van der Waals surface area contributed by atoms with Crippen molar-refractivity contribution in [1.29, 1.82) is 0 Å². The van der Waals surface area contributed by atoms with Gasteiger partial charge in [-0.1, -0.05) is 180 Å². The first kappa shape index (κ1) is 89.0. The molecule has 2 aliphatic rings. The highest BCUT2D eigenvalue weighted by molar-refractivity contribution is 8.77. The van der Waals surface area contributed by atoms with E-state index in [-0.39, 0.29) is 87.5 Å². The summed E-state index contributed by atoms with van der Waals surface area (Å²) in [6, 6.07) is 15.8. The zero-order chi connectivity index (χ0) is 79.4. The minimum absolute atomic E-state index is 0.00226. The number of ether oxygens (including phenoxy) is 1. The summed E-state index contributed by atoms with van der Waals surface area (Å²) in [5.74, 6) is -11.6. The average Bonchev–Trinajstić information content (AvgIpc) is 1.73. The fourth-order valence-corrected chi connectivity index (χ4v) is 15.5. The van der Waals surface area contributed by atoms with Gasteiger partial charge in [0.25, 0.3) is 5.91 Å². The van der Waals surface area contributed by atoms with Gasteiger partial charge in [0.1, 0.15) is 36.3 Å². The monoisotopic (exact) mass is 1520 g/mol. The number of carbonyl (C=O) groups excluding carboxylic acids is 13. The van der Waals surface area contributed by atoms with Gasteiger partial charge in [0.15, 0.2) is 24.0 Å². The quantitative estimate of drug-likeness (QED) is 0.0218. The Balaban J connectivity index is 1.59. The van der Waals surface area contributed by atoms with E-state index in [4.69, 9.17) is 10.3 Å². The number of likely N-dealkylation sites (N-methyl/N-ethyl adjacent to an activating group) is 4. The van der Waals surface area contributed by atoms with Gasteiger partial charge in [0.2, 0.25) is 47.3 Å². The van der Waals surface area contributed by atoms with Gasteiger partial charge in [-0.25, -0.2) is 4.79 Å². The smallest absolute Gasteiger partial charge is 0.329 e. The number of nitrogens with zero attached hydrogens (tertiary/aromatic N) is 8. The number of cyclic esters (lactones) is 1. The molecule has 0 spiro atoms. The van der Waals surface area contributed by atoms with Crippen LogP contribution in [0.25, 0.3) is 10.4 Å². The largest absolute Gasteiger partial charge is 0.454 e. The second kappa shape index (κ2) is 43.4. The highest BCUT2D eigenvalue weighted by atomic mass is 33.1. The predicted molar refractivity (Wildman–Crippen MR) is 413 cm³/mol. The molecule has 9 amide bonds. The van der Waals surface area contributed by atoms with E-state index >= 15 is 4.79 Å². The Morgan fingerprint density at radius 2 is 1.08 bits per heavy atom. The van der Waals surface area contributed by atoms with Gasteiger partial charge in [0.05, 0.1) is 18.1 Å². The molecule has 0 saturated carbocycles. The Labute approximate surface area is 639 Å². The lowest BCUT2D eigenvalue weighted by Crippen LogP contribution is -2.57. The Kier molecular flexibility index (Phi) is 36.1. The normalized spacial score (nSPS) is 25.3. The number of Topliss-reactive ketones (excluding diaryl/α,β-unsaturated/α-hetero) is 3. The highest BCUT2D eigenvalue weighted by Crippen LogP contribution is 2.36. The Morgan fingerprint density at radius 1 is 0.542 bits per heavy atom. The number of amides is 9. The third kappa shape index (κ3) is 28.2. The second-order valence-electron chi connectivity index (χ2n) is 30.3. The number of hydrogen-bond acceptors (Lipinski definition) is 17. The molecular weight excluding hydrogens is 1410 g/mol. The molecule has 3 aromatic rings. The molecule has 0 aliphatic carbocycles. The molecule has 107 heavy (non-hydrogen) atoms. The molecule has 4 N–H and O–H groups in total. The average molecular weight is 1520 g/mol. The lowest BCUT2D eigenvalue weighted by Gasteiger charge is -2.36. The lowest BCUT2D eigenvalue weighted by atomic mass is 9.90. The molecule has 0 radical (unpaired) electrons. The van der Waals surface area contributed by atoms with Crippen LogP contribution >= 0.6 is 21.6 Å². The lowest BCUT2D eigenvalue weighted by molar-refractivity contribution is -0.157. The molecule has 2 fully saturated rings. The first-order chi connectivity index (χ1) is 50.5. The van der Waals surface area contributed by atoms with Gasteiger partial charge in [-0.3, -0.25) is 57.5 Å². The second-order valence-corrected chi connectivity index (χ2v) is 33.6. The number of fused-ring (bicyclic) bond motifs is 1. The number of unbranched alkanes of at least 4 members (excludes halogenated alkanes) is 1. The summed E-state index contributed by atoms with van der Waals surface area (Å²) >= 11 is 0. The van der Waals surface area contributed by atoms with Gasteiger partial charge in [-0.15, -0.1) is 0 Å². The van der Waals surface area contributed by atoms with E-state index < -0.39 is 168 Å². The molecule has 3 aromatic carbocycles. The van der Waals surface area contributed by atoms with E-state index in [0.29, 0.717) is 41.7 Å². The van der Waals surface area contributed by atoms with Crippen molar-refractivity contribution in [3.63, 3.8) is 0 Å². The van der Waals surface area contributed by atoms with E-state index in [0.717, 1.165) is 0 Å². The van der Waals surface area contributed by atoms with Gasteiger partial charge in [0, 0.05) is 100 Å². The molecule has 0 unspecified atom stereocenters. The molecule has 26 nitrogen and oxygen atoms in total. The maximum atomic E-state index is 15.0. The molecule has 586 valence electrons. The number of nitrogens with one attached hydrogen (secondary N) is 4. The first-order valence-electron chi connectivity index (χ1n) is 37.3. The molecule has 2 heterocycles. The fraction of sp³-hybridized carbons (Fsp3) is 0.608. The van der Waals surface area contributed by atoms with Crippen LogP contribution in [0.1, 0.15) is 163 Å². The third-order valence-corrected chi connectivity index (χ3v) is 23.0. The SMILES string of the molecule is CC(C)C[C@@H]1NC(=O)[C@H](CCCCN=[N+]=[N-])CC(=O)[C@H](Cc2ccccc2)NC(=O)COC(=O)[C@@H]2CCCN2C(=O)[C@H](CCSSC(C)(C)C)NC(=O)[C@H](Cc2ccccc2)CC(=O)[C@H](C)NC(=O)[C@H](C)N(C)C(=O)[C@H](Cc2ccccc2)N(C)C(=O)[C@H](C)CC(=O)[C@H](CC(C)C)N(C)C(=O)[C@H](C)N(C)C1=O. The van der Waals surface area contributed by atoms with Crippen molar-refractivity contribution in [3.8, 4) is 0 Å². The Morgan fingerprint density at radius 3 is 1.66 bits per heavy atom. The maximum absolute atomic E-state index is 15.0. The van der Waals surface area contributed by atoms with Gasteiger partial charge in [-0.2, -0.15) is 0 Å². The maximum Gasteiger partial charge on any atom is 0.329 e. The molecule has 5 rings (SSSR count). The van der Waals surface area contributed by atoms with E-state index in [1.165, 1.54) is 84.3 Å². The summed E-state index contributed by atoms with van der Waals surface area (Å²) in [5, 5.41) is 14.9. The van der Waals surface area contributed by atoms with Crippen molar-refractivity contribution >= 4 is 98.1 Å². The standard InChI is InChI=1S/C79H114N12O14S2/c1-49(2)40-62-75(101)88(13)54(8)74(100)89(14)64(41-50(3)4)68(94)42-51(5)73(99)90(15)65(45-57-32-23-18-24-33-57)77(103)87(12)53(7)70(96)82-52(6)66(92)47-59(43-55-28-19-16-20-29-55)72(98)84-60(36-39-106-107-79(9,10)11)76(102)91-38-27-35-63(91)78(104)105-48-69(95)83-61(44-56-30-21-17-22-31-56)67(93)46-58(71(97)85-62)34-25-26-37-81-86-80/h16-24,28-33,49-54,58-65H,25-27,34-48H2,1-15H3,(H,82,96)(H,83,95)(H,84,98)(H,85,97)/t51-,52+,53+,54+,58-,59-,60+,61+,62+,63+,64+,65+/m1/s1. The molecular formula is C79H114N12O14S2. The highest BCUT2D eigenvalue weighted by Gasteiger charge is 2.43. The van der Waals surface area contributed by atoms with Crippen LogP contribution in [0, 0.1) is 29.6 Å². The van der Waals surface area contributed by atoms with Crippen molar-refractivity contribution in [2.75, 3.05) is 53.6 Å². The number of rotatable bonds is 19. The minimum atomic E-state index is -1.28. The summed E-state index contributed by atoms with van der Waals surface area (Å²) in [6.45, 7) is 18.9. The van der Waals surface area contributed by atoms with Crippen LogP contribution in [0.2, 0.25) is 0 Å². The van der Waals surface area contributed by atoms with Crippen molar-refractivity contribution in [2.45, 2.75) is 225 Å². The van der Waals surface area contributed by atoms with E-state index in [1.807, 2.05) is 48.5 Å². The number of carbonyl (C=O) groups is 13. The zero-order valence-corrected chi connectivity index (χ0v) is 66.7. The molecule has 28 heteroatoms. The van der Waals surface area contributed by atoms with Crippen molar-refractivity contribution in [3.05, 3.63) is 118 Å². The van der Waals surface area contributed by atoms with E-state index in [1.54, 1.807) is 109 Å². The van der Waals surface area contributed by atoms with Crippen LogP contribution in [0.4, 0.5) is 0 Å². The number of esters is 1. The third-order valence-electron chi connectivity index (χ3n) is 19.6. The topological polar surface area (TPSA) is 344 Å². The summed E-state index contributed by atoms with van der Waals surface area (Å²) in [5.41, 5.74) is 11.1. The van der Waals surface area contributed by atoms with Gasteiger partial charge < -0.3 is 50.5 Å². The number of ketones is 3. The van der Waals surface area contributed by atoms with Crippen molar-refractivity contribution in [1.82, 2.24) is 45.8 Å². The summed E-state index contributed by atoms with van der Waals surface area (Å²) in [4.78, 5) is 200. The van der Waals surface area contributed by atoms with Crippen LogP contribution in [0.5, 0.6) is 0 Å². The van der Waals surface area contributed by atoms with Crippen LogP contribution in [0.3, 0.4) is 0 Å². The number of azide groups is 1.